The molecule has 1 saturated carbocycles. The van der Waals surface area contributed by atoms with E-state index in [0.29, 0.717) is 6.07 Å². The number of aliphatic hydroxyl groups is 1. The number of aryl methyl sites for hydroxylation is 1. The number of benzene rings is 2. The van der Waals surface area contributed by atoms with Crippen molar-refractivity contribution in [3.63, 3.8) is 0 Å². The molecule has 2 aromatic rings. The first-order valence-electron chi connectivity index (χ1n) is 12.8. The van der Waals surface area contributed by atoms with E-state index in [1.165, 1.54) is 13.8 Å². The lowest BCUT2D eigenvalue weighted by Gasteiger charge is -2.45. The highest BCUT2D eigenvalue weighted by Gasteiger charge is 2.74. The van der Waals surface area contributed by atoms with Crippen molar-refractivity contribution < 1.29 is 58.5 Å². The molecule has 0 heterocycles. The maximum atomic E-state index is 14.9. The van der Waals surface area contributed by atoms with Crippen molar-refractivity contribution in [2.45, 2.75) is 78.8 Å². The number of hydrogen-bond acceptors (Lipinski definition) is 4. The van der Waals surface area contributed by atoms with E-state index in [4.69, 9.17) is 0 Å². The van der Waals surface area contributed by atoms with Gasteiger partial charge in [-0.15, -0.1) is 0 Å². The summed E-state index contributed by atoms with van der Waals surface area (Å²) in [5, 5.41) is 20.3. The van der Waals surface area contributed by atoms with Gasteiger partial charge in [-0.1, -0.05) is 18.2 Å². The number of hydrogen-bond donors (Lipinski definition) is 2. The third kappa shape index (κ3) is 4.91. The predicted molar refractivity (Wildman–Crippen MR) is 132 cm³/mol. The lowest BCUT2D eigenvalue weighted by Crippen LogP contribution is -2.53. The molecule has 2 N–H and O–H groups in total. The van der Waals surface area contributed by atoms with E-state index in [2.05, 4.69) is 0 Å². The van der Waals surface area contributed by atoms with Crippen LogP contribution in [-0.4, -0.2) is 60.2 Å². The minimum atomic E-state index is -6.38. The van der Waals surface area contributed by atoms with Crippen LogP contribution in [-0.2, 0) is 26.7 Å². The molecule has 1 amide bonds. The number of fused-ring (bicyclic) bond motifs is 3. The Bertz CT molecular complexity index is 1450. The normalized spacial score (nSPS) is 23.3. The summed E-state index contributed by atoms with van der Waals surface area (Å²) in [5.74, 6) is -1.84. The van der Waals surface area contributed by atoms with Crippen LogP contribution in [0.2, 0.25) is 0 Å². The number of sulfone groups is 1. The second-order valence-corrected chi connectivity index (χ2v) is 13.6. The second kappa shape index (κ2) is 10.1. The summed E-state index contributed by atoms with van der Waals surface area (Å²) in [5.41, 5.74) is -9.50. The molecule has 3 atom stereocenters. The highest BCUT2D eigenvalue weighted by Crippen LogP contribution is 2.60. The molecular weight excluding hydrogens is 602 g/mol. The molecule has 232 valence electrons. The Hall–Kier alpha value is -2.94. The summed E-state index contributed by atoms with van der Waals surface area (Å²) in [6, 6.07) is 3.96. The lowest BCUT2D eigenvalue weighted by molar-refractivity contribution is -0.348. The summed E-state index contributed by atoms with van der Waals surface area (Å²) in [6.45, 7) is 2.24. The first-order valence-corrected chi connectivity index (χ1v) is 14.2. The molecular formula is C27H27F8NO5S. The first-order chi connectivity index (χ1) is 19.1. The fourth-order valence-corrected chi connectivity index (χ4v) is 8.93. The monoisotopic (exact) mass is 629 g/mol. The molecule has 15 heteroatoms. The van der Waals surface area contributed by atoms with Crippen LogP contribution in [0.1, 0.15) is 49.8 Å². The quantitative estimate of drug-likeness (QED) is 0.291. The number of rotatable bonds is 6. The Labute approximate surface area is 235 Å². The molecule has 0 radical (unpaired) electrons. The minimum Gasteiger partial charge on any atom is -0.465 e. The molecule has 2 aliphatic carbocycles. The van der Waals surface area contributed by atoms with Crippen LogP contribution in [0.25, 0.3) is 0 Å². The zero-order valence-electron chi connectivity index (χ0n) is 22.2. The van der Waals surface area contributed by atoms with Crippen molar-refractivity contribution >= 4 is 15.9 Å². The zero-order chi connectivity index (χ0) is 31.7. The minimum absolute atomic E-state index is 0.0905. The fraction of sp³-hybridized carbons (Fsp3) is 0.519. The Kier molecular flexibility index (Phi) is 7.67. The lowest BCUT2D eigenvalue weighted by atomic mass is 9.73. The van der Waals surface area contributed by atoms with Crippen LogP contribution in [0, 0.1) is 11.7 Å². The van der Waals surface area contributed by atoms with Gasteiger partial charge in [-0.3, -0.25) is 0 Å². The van der Waals surface area contributed by atoms with Gasteiger partial charge in [0.2, 0.25) is 0 Å². The van der Waals surface area contributed by atoms with E-state index < -0.39 is 79.1 Å². The number of alkyl halides is 7. The average molecular weight is 630 g/mol. The highest BCUT2D eigenvalue weighted by atomic mass is 32.2. The van der Waals surface area contributed by atoms with Gasteiger partial charge in [0.1, 0.15) is 10.6 Å². The van der Waals surface area contributed by atoms with E-state index in [-0.39, 0.29) is 42.9 Å². The van der Waals surface area contributed by atoms with Gasteiger partial charge in [0.25, 0.3) is 0 Å². The van der Waals surface area contributed by atoms with Gasteiger partial charge in [-0.05, 0) is 74.9 Å². The SMILES string of the molecule is CC(C)(O)CN(C(=O)O)[C@H]1CC[C@@]2(S(=O)(=O)c3ccc(F)cc3)c3ccc(C(F)(C(F)(F)F)C(F)(F)F)cc3CC[C@@H]12. The summed E-state index contributed by atoms with van der Waals surface area (Å²) < 4.78 is 136. The van der Waals surface area contributed by atoms with Gasteiger partial charge in [-0.2, -0.15) is 26.3 Å². The summed E-state index contributed by atoms with van der Waals surface area (Å²) in [7, 11) is -4.62. The summed E-state index contributed by atoms with van der Waals surface area (Å²) in [6.07, 6.45) is -15.1. The van der Waals surface area contributed by atoms with Crippen LogP contribution in [0.15, 0.2) is 47.4 Å². The highest BCUT2D eigenvalue weighted by molar-refractivity contribution is 7.92. The first kappa shape index (κ1) is 32.0. The molecule has 2 aromatic carbocycles. The molecule has 1 fully saturated rings. The van der Waals surface area contributed by atoms with Crippen LogP contribution >= 0.6 is 0 Å². The molecule has 0 spiro atoms. The van der Waals surface area contributed by atoms with Gasteiger partial charge in [0.15, 0.2) is 9.84 Å². The number of carbonyl (C=O) groups is 1. The number of halogens is 8. The van der Waals surface area contributed by atoms with E-state index in [1.54, 1.807) is 0 Å². The number of amides is 1. The van der Waals surface area contributed by atoms with E-state index in [1.807, 2.05) is 0 Å². The second-order valence-electron chi connectivity index (χ2n) is 11.3. The van der Waals surface area contributed by atoms with Crippen molar-refractivity contribution in [1.29, 1.82) is 0 Å². The Balaban J connectivity index is 1.96. The zero-order valence-corrected chi connectivity index (χ0v) is 23.0. The molecule has 6 nitrogen and oxygen atoms in total. The molecule has 0 bridgehead atoms. The van der Waals surface area contributed by atoms with Crippen LogP contribution in [0.5, 0.6) is 0 Å². The van der Waals surface area contributed by atoms with Crippen molar-refractivity contribution in [2.75, 3.05) is 6.54 Å². The van der Waals surface area contributed by atoms with Gasteiger partial charge in [-0.25, -0.2) is 22.0 Å². The van der Waals surface area contributed by atoms with Crippen LogP contribution in [0.3, 0.4) is 0 Å². The average Bonchev–Trinajstić information content (AvgIpc) is 3.26. The van der Waals surface area contributed by atoms with E-state index in [9.17, 15) is 58.5 Å². The fourth-order valence-electron chi connectivity index (χ4n) is 6.47. The maximum Gasteiger partial charge on any atom is 0.435 e. The van der Waals surface area contributed by atoms with Gasteiger partial charge in [0.05, 0.1) is 17.0 Å². The van der Waals surface area contributed by atoms with Crippen molar-refractivity contribution in [3.05, 3.63) is 65.0 Å². The van der Waals surface area contributed by atoms with Gasteiger partial charge < -0.3 is 15.1 Å². The Morgan fingerprint density at radius 3 is 2.05 bits per heavy atom. The molecule has 0 unspecified atom stereocenters. The summed E-state index contributed by atoms with van der Waals surface area (Å²) >= 11 is 0. The largest absolute Gasteiger partial charge is 0.465 e. The Morgan fingerprint density at radius 2 is 1.55 bits per heavy atom. The molecule has 0 aliphatic heterocycles. The molecule has 42 heavy (non-hydrogen) atoms. The third-order valence-corrected chi connectivity index (χ3v) is 10.7. The maximum absolute atomic E-state index is 14.9. The molecule has 0 saturated heterocycles. The van der Waals surface area contributed by atoms with Crippen molar-refractivity contribution in [3.8, 4) is 0 Å². The van der Waals surface area contributed by atoms with Crippen molar-refractivity contribution in [2.24, 2.45) is 5.92 Å². The van der Waals surface area contributed by atoms with Crippen LogP contribution < -0.4 is 0 Å². The molecule has 4 rings (SSSR count). The van der Waals surface area contributed by atoms with Crippen molar-refractivity contribution in [1.82, 2.24) is 4.90 Å². The van der Waals surface area contributed by atoms with E-state index in [0.717, 1.165) is 35.2 Å². The molecule has 0 aromatic heterocycles. The number of carboxylic acid groups (broad SMARTS) is 1. The Morgan fingerprint density at radius 1 is 0.976 bits per heavy atom. The summed E-state index contributed by atoms with van der Waals surface area (Å²) in [4.78, 5) is 12.7. The van der Waals surface area contributed by atoms with Crippen LogP contribution in [0.4, 0.5) is 39.9 Å². The predicted octanol–water partition coefficient (Wildman–Crippen LogP) is 6.26. The standard InChI is InChI=1S/C27H27F8NO5S/c1-23(2,39)14-36(22(37)38)21-11-12-24(42(40,41)18-7-5-17(28)6-8-18)19-10-4-16(13-15(19)3-9-20(21)24)25(29,26(30,31)32)27(33,34)35/h4-8,10,13,20-21,39H,3,9,11-12,14H2,1-2H3,(H,37,38)/t20-,21-,24+/m0/s1. The number of nitrogens with zero attached hydrogens (tertiary/aromatic N) is 1. The van der Waals surface area contributed by atoms with E-state index >= 15 is 0 Å². The topological polar surface area (TPSA) is 94.9 Å². The third-order valence-electron chi connectivity index (χ3n) is 8.15. The van der Waals surface area contributed by atoms with Gasteiger partial charge in [0, 0.05) is 17.5 Å². The smallest absolute Gasteiger partial charge is 0.435 e. The molecule has 2 aliphatic rings. The van der Waals surface area contributed by atoms with Gasteiger partial charge >= 0.3 is 24.1 Å².